The quantitative estimate of drug-likeness (QED) is 0.594. The van der Waals surface area contributed by atoms with Crippen molar-refractivity contribution in [2.24, 2.45) is 0 Å². The fraction of sp³-hybridized carbons (Fsp3) is 0.385. The Balaban J connectivity index is 2.65. The molecule has 0 N–H and O–H groups in total. The second-order valence-corrected chi connectivity index (χ2v) is 4.59. The molecule has 1 rings (SSSR count). The SMILES string of the molecule is CCCN(CC(=O)OC)C(=O)/C=C/c1ccc(Br)o1. The summed E-state index contributed by atoms with van der Waals surface area (Å²) in [5, 5.41) is 0. The molecular weight excluding hydrogens is 314 g/mol. The number of carbonyl (C=O) groups is 2. The van der Waals surface area contributed by atoms with E-state index in [1.54, 1.807) is 18.2 Å². The maximum absolute atomic E-state index is 11.9. The van der Waals surface area contributed by atoms with Gasteiger partial charge in [-0.3, -0.25) is 9.59 Å². The second kappa shape index (κ2) is 7.78. The molecule has 0 spiro atoms. The molecule has 0 atom stereocenters. The number of nitrogens with zero attached hydrogens (tertiary/aromatic N) is 1. The minimum absolute atomic E-state index is 0.0463. The number of furan rings is 1. The van der Waals surface area contributed by atoms with Gasteiger partial charge in [-0.25, -0.2) is 0 Å². The van der Waals surface area contributed by atoms with Crippen molar-refractivity contribution < 1.29 is 18.7 Å². The van der Waals surface area contributed by atoms with E-state index in [1.165, 1.54) is 18.1 Å². The highest BCUT2D eigenvalue weighted by Gasteiger charge is 2.14. The van der Waals surface area contributed by atoms with Crippen molar-refractivity contribution >= 4 is 33.9 Å². The molecule has 0 unspecified atom stereocenters. The average molecular weight is 330 g/mol. The minimum atomic E-state index is -0.434. The molecule has 0 fully saturated rings. The van der Waals surface area contributed by atoms with Gasteiger partial charge in [0.15, 0.2) is 4.67 Å². The van der Waals surface area contributed by atoms with E-state index in [0.29, 0.717) is 17.0 Å². The van der Waals surface area contributed by atoms with Gasteiger partial charge in [0, 0.05) is 12.6 Å². The Morgan fingerprint density at radius 2 is 2.21 bits per heavy atom. The number of esters is 1. The van der Waals surface area contributed by atoms with E-state index in [1.807, 2.05) is 6.92 Å². The van der Waals surface area contributed by atoms with Gasteiger partial charge in [0.2, 0.25) is 5.91 Å². The Morgan fingerprint density at radius 3 is 2.74 bits per heavy atom. The largest absolute Gasteiger partial charge is 0.468 e. The predicted molar refractivity (Wildman–Crippen MR) is 74.3 cm³/mol. The van der Waals surface area contributed by atoms with Crippen LogP contribution < -0.4 is 0 Å². The topological polar surface area (TPSA) is 59.8 Å². The molecule has 1 heterocycles. The van der Waals surface area contributed by atoms with E-state index in [4.69, 9.17) is 4.42 Å². The van der Waals surface area contributed by atoms with Gasteiger partial charge in [-0.15, -0.1) is 0 Å². The number of carbonyl (C=O) groups excluding carboxylic acids is 2. The number of amides is 1. The van der Waals surface area contributed by atoms with E-state index < -0.39 is 5.97 Å². The average Bonchev–Trinajstić information content (AvgIpc) is 2.81. The molecule has 0 bridgehead atoms. The van der Waals surface area contributed by atoms with Crippen molar-refractivity contribution in [2.45, 2.75) is 13.3 Å². The predicted octanol–water partition coefficient (Wildman–Crippen LogP) is 2.47. The second-order valence-electron chi connectivity index (χ2n) is 3.81. The Hall–Kier alpha value is -1.56. The summed E-state index contributed by atoms with van der Waals surface area (Å²) in [7, 11) is 1.30. The summed E-state index contributed by atoms with van der Waals surface area (Å²) in [6.45, 7) is 2.39. The third-order valence-electron chi connectivity index (χ3n) is 2.34. The molecule has 5 nitrogen and oxygen atoms in total. The molecular formula is C13H16BrNO4. The first-order valence-corrected chi connectivity index (χ1v) is 6.65. The van der Waals surface area contributed by atoms with E-state index in [2.05, 4.69) is 20.7 Å². The van der Waals surface area contributed by atoms with Crippen LogP contribution in [0.25, 0.3) is 6.08 Å². The zero-order valence-electron chi connectivity index (χ0n) is 10.9. The lowest BCUT2D eigenvalue weighted by Crippen LogP contribution is -2.35. The smallest absolute Gasteiger partial charge is 0.325 e. The Morgan fingerprint density at radius 1 is 1.47 bits per heavy atom. The van der Waals surface area contributed by atoms with Crippen LogP contribution >= 0.6 is 15.9 Å². The minimum Gasteiger partial charge on any atom is -0.468 e. The summed E-state index contributed by atoms with van der Waals surface area (Å²) < 4.78 is 10.4. The molecule has 0 aromatic carbocycles. The maximum Gasteiger partial charge on any atom is 0.325 e. The van der Waals surface area contributed by atoms with Gasteiger partial charge in [0.1, 0.15) is 12.3 Å². The van der Waals surface area contributed by atoms with E-state index >= 15 is 0 Å². The van der Waals surface area contributed by atoms with Crippen LogP contribution in [0.1, 0.15) is 19.1 Å². The molecule has 19 heavy (non-hydrogen) atoms. The van der Waals surface area contributed by atoms with E-state index in [0.717, 1.165) is 6.42 Å². The summed E-state index contributed by atoms with van der Waals surface area (Å²) in [6.07, 6.45) is 3.71. The van der Waals surface area contributed by atoms with Crippen molar-refractivity contribution in [3.8, 4) is 0 Å². The van der Waals surface area contributed by atoms with Crippen LogP contribution in [-0.2, 0) is 14.3 Å². The van der Waals surface area contributed by atoms with Crippen molar-refractivity contribution in [3.63, 3.8) is 0 Å². The zero-order valence-corrected chi connectivity index (χ0v) is 12.5. The maximum atomic E-state index is 11.9. The highest BCUT2D eigenvalue weighted by Crippen LogP contribution is 2.15. The number of hydrogen-bond donors (Lipinski definition) is 0. The zero-order chi connectivity index (χ0) is 14.3. The lowest BCUT2D eigenvalue weighted by atomic mass is 10.3. The first-order valence-electron chi connectivity index (χ1n) is 5.86. The molecule has 1 aromatic heterocycles. The lowest BCUT2D eigenvalue weighted by Gasteiger charge is -2.18. The van der Waals surface area contributed by atoms with Crippen LogP contribution in [-0.4, -0.2) is 37.0 Å². The first-order chi connectivity index (χ1) is 9.06. The highest BCUT2D eigenvalue weighted by molar-refractivity contribution is 9.10. The van der Waals surface area contributed by atoms with Crippen LogP contribution in [0.3, 0.4) is 0 Å². The monoisotopic (exact) mass is 329 g/mol. The van der Waals surface area contributed by atoms with Gasteiger partial charge in [-0.05, 0) is 40.6 Å². The number of hydrogen-bond acceptors (Lipinski definition) is 4. The summed E-state index contributed by atoms with van der Waals surface area (Å²) in [4.78, 5) is 24.6. The first kappa shape index (κ1) is 15.5. The van der Waals surface area contributed by atoms with Gasteiger partial charge in [0.25, 0.3) is 0 Å². The van der Waals surface area contributed by atoms with Gasteiger partial charge in [0.05, 0.1) is 7.11 Å². The molecule has 0 aliphatic rings. The molecule has 1 aromatic rings. The summed E-state index contributed by atoms with van der Waals surface area (Å²) in [6, 6.07) is 3.47. The van der Waals surface area contributed by atoms with Gasteiger partial charge >= 0.3 is 5.97 Å². The summed E-state index contributed by atoms with van der Waals surface area (Å²) in [5.74, 6) is -0.120. The third kappa shape index (κ3) is 5.30. The Kier molecular flexibility index (Phi) is 6.35. The molecule has 0 saturated carbocycles. The van der Waals surface area contributed by atoms with Crippen LogP contribution in [0, 0.1) is 0 Å². The summed E-state index contributed by atoms with van der Waals surface area (Å²) >= 11 is 3.18. The van der Waals surface area contributed by atoms with E-state index in [9.17, 15) is 9.59 Å². The highest BCUT2D eigenvalue weighted by atomic mass is 79.9. The molecule has 0 radical (unpaired) electrons. The lowest BCUT2D eigenvalue weighted by molar-refractivity contribution is -0.145. The number of halogens is 1. The molecule has 0 saturated heterocycles. The van der Waals surface area contributed by atoms with Crippen molar-refractivity contribution in [1.82, 2.24) is 4.90 Å². The molecule has 0 aliphatic heterocycles. The molecule has 1 amide bonds. The van der Waals surface area contributed by atoms with Crippen molar-refractivity contribution in [2.75, 3.05) is 20.2 Å². The molecule has 104 valence electrons. The standard InChI is InChI=1S/C13H16BrNO4/c1-3-8-15(9-13(17)18-2)12(16)7-5-10-4-6-11(14)19-10/h4-7H,3,8-9H2,1-2H3/b7-5+. The van der Waals surface area contributed by atoms with Crippen molar-refractivity contribution in [1.29, 1.82) is 0 Å². The van der Waals surface area contributed by atoms with E-state index in [-0.39, 0.29) is 12.5 Å². The molecule has 0 aliphatic carbocycles. The number of rotatable bonds is 6. The van der Waals surface area contributed by atoms with Gasteiger partial charge in [-0.1, -0.05) is 6.92 Å². The normalized spacial score (nSPS) is 10.7. The number of ether oxygens (including phenoxy) is 1. The Labute approximate surface area is 120 Å². The van der Waals surface area contributed by atoms with Crippen molar-refractivity contribution in [3.05, 3.63) is 28.6 Å². The molecule has 6 heteroatoms. The third-order valence-corrected chi connectivity index (χ3v) is 2.76. The van der Waals surface area contributed by atoms with Crippen LogP contribution in [0.2, 0.25) is 0 Å². The van der Waals surface area contributed by atoms with Crippen LogP contribution in [0.5, 0.6) is 0 Å². The summed E-state index contributed by atoms with van der Waals surface area (Å²) in [5.41, 5.74) is 0. The fourth-order valence-electron chi connectivity index (χ4n) is 1.43. The van der Waals surface area contributed by atoms with Gasteiger partial charge < -0.3 is 14.1 Å². The fourth-order valence-corrected chi connectivity index (χ4v) is 1.75. The number of methoxy groups -OCH3 is 1. The van der Waals surface area contributed by atoms with Crippen LogP contribution in [0.15, 0.2) is 27.3 Å². The van der Waals surface area contributed by atoms with Crippen LogP contribution in [0.4, 0.5) is 0 Å². The Bertz CT molecular complexity index is 467. The van der Waals surface area contributed by atoms with Gasteiger partial charge in [-0.2, -0.15) is 0 Å².